The molecule has 0 aliphatic carbocycles. The van der Waals surface area contributed by atoms with Gasteiger partial charge < -0.3 is 4.74 Å². The van der Waals surface area contributed by atoms with Gasteiger partial charge in [-0.15, -0.1) is 11.3 Å². The molecule has 0 radical (unpaired) electrons. The van der Waals surface area contributed by atoms with Crippen LogP contribution >= 0.6 is 11.3 Å². The van der Waals surface area contributed by atoms with Gasteiger partial charge in [0.1, 0.15) is 6.61 Å². The van der Waals surface area contributed by atoms with Crippen LogP contribution < -0.4 is 0 Å². The molecule has 0 unspecified atom stereocenters. The van der Waals surface area contributed by atoms with E-state index in [4.69, 9.17) is 4.74 Å². The first kappa shape index (κ1) is 8.06. The lowest BCUT2D eigenvalue weighted by molar-refractivity contribution is 0.234. The Morgan fingerprint density at radius 1 is 1.29 bits per heavy atom. The second-order valence-electron chi connectivity index (χ2n) is 3.52. The molecule has 1 aliphatic heterocycles. The summed E-state index contributed by atoms with van der Waals surface area (Å²) in [4.78, 5) is 1.39. The third-order valence-electron chi connectivity index (χ3n) is 2.54. The molecule has 0 spiro atoms. The minimum atomic E-state index is 0.719. The highest BCUT2D eigenvalue weighted by atomic mass is 32.1. The van der Waals surface area contributed by atoms with Gasteiger partial charge >= 0.3 is 0 Å². The molecular weight excluding hydrogens is 192 g/mol. The molecule has 0 saturated carbocycles. The number of hydrogen-bond acceptors (Lipinski definition) is 2. The van der Waals surface area contributed by atoms with Crippen LogP contribution in [0.15, 0.2) is 30.5 Å². The van der Waals surface area contributed by atoms with Crippen molar-refractivity contribution >= 4 is 27.0 Å². The van der Waals surface area contributed by atoms with Crippen LogP contribution in [0.5, 0.6) is 0 Å². The normalized spacial score (nSPS) is 14.8. The number of ether oxygens (including phenoxy) is 1. The van der Waals surface area contributed by atoms with Gasteiger partial charge in [0.25, 0.3) is 0 Å². The van der Waals surface area contributed by atoms with Crippen molar-refractivity contribution in [3.8, 4) is 0 Å². The topological polar surface area (TPSA) is 9.23 Å². The van der Waals surface area contributed by atoms with Gasteiger partial charge in [0, 0.05) is 20.7 Å². The van der Waals surface area contributed by atoms with Crippen molar-refractivity contribution in [2.24, 2.45) is 0 Å². The van der Waals surface area contributed by atoms with E-state index in [0.29, 0.717) is 0 Å². The second-order valence-corrected chi connectivity index (χ2v) is 4.57. The summed E-state index contributed by atoms with van der Waals surface area (Å²) in [5.41, 5.74) is 2.60. The molecule has 1 aliphatic rings. The van der Waals surface area contributed by atoms with E-state index in [2.05, 4.69) is 31.2 Å². The maximum absolute atomic E-state index is 5.42. The molecule has 1 aromatic carbocycles. The number of hydrogen-bond donors (Lipinski definition) is 0. The Morgan fingerprint density at radius 2 is 2.14 bits per heavy atom. The molecule has 2 heterocycles. The van der Waals surface area contributed by atoms with Crippen LogP contribution in [0, 0.1) is 0 Å². The summed E-state index contributed by atoms with van der Waals surface area (Å²) in [6.07, 6.45) is 1.86. The van der Waals surface area contributed by atoms with E-state index in [9.17, 15) is 0 Å². The van der Waals surface area contributed by atoms with E-state index in [-0.39, 0.29) is 0 Å². The fraction of sp³-hybridized carbons (Fsp3) is 0.167. The summed E-state index contributed by atoms with van der Waals surface area (Å²) in [5.74, 6) is 0. The smallest absolute Gasteiger partial charge is 0.114 e. The van der Waals surface area contributed by atoms with E-state index in [0.717, 1.165) is 6.61 Å². The fourth-order valence-electron chi connectivity index (χ4n) is 1.86. The first-order valence-electron chi connectivity index (χ1n) is 4.65. The van der Waals surface area contributed by atoms with Gasteiger partial charge in [-0.2, -0.15) is 0 Å². The third-order valence-corrected chi connectivity index (χ3v) is 3.89. The van der Waals surface area contributed by atoms with Crippen molar-refractivity contribution < 1.29 is 4.74 Å². The molecule has 2 aromatic rings. The van der Waals surface area contributed by atoms with Crippen LogP contribution in [0.2, 0.25) is 0 Å². The molecule has 0 atom stereocenters. The quantitative estimate of drug-likeness (QED) is 0.631. The van der Waals surface area contributed by atoms with Gasteiger partial charge in [0.05, 0.1) is 6.26 Å². The summed E-state index contributed by atoms with van der Waals surface area (Å²) < 4.78 is 6.78. The van der Waals surface area contributed by atoms with Crippen molar-refractivity contribution in [1.82, 2.24) is 0 Å². The van der Waals surface area contributed by atoms with Crippen molar-refractivity contribution in [3.05, 3.63) is 41.0 Å². The van der Waals surface area contributed by atoms with Crippen LogP contribution in [-0.4, -0.2) is 0 Å². The van der Waals surface area contributed by atoms with Crippen molar-refractivity contribution in [2.75, 3.05) is 0 Å². The SMILES string of the molecule is CC1=COCc2c1sc1ccccc21. The summed E-state index contributed by atoms with van der Waals surface area (Å²) in [5, 5.41) is 1.35. The predicted octanol–water partition coefficient (Wildman–Crippen LogP) is 3.79. The minimum Gasteiger partial charge on any atom is -0.496 e. The highest BCUT2D eigenvalue weighted by Crippen LogP contribution is 2.38. The highest BCUT2D eigenvalue weighted by Gasteiger charge is 2.16. The standard InChI is InChI=1S/C12H10OS/c1-8-6-13-7-10-9-4-2-3-5-11(9)14-12(8)10/h2-6H,7H2,1H3. The summed E-state index contributed by atoms with van der Waals surface area (Å²) in [6.45, 7) is 2.82. The summed E-state index contributed by atoms with van der Waals surface area (Å²) >= 11 is 1.86. The van der Waals surface area contributed by atoms with Crippen LogP contribution in [-0.2, 0) is 11.3 Å². The summed E-state index contributed by atoms with van der Waals surface area (Å²) in [6, 6.07) is 8.52. The third kappa shape index (κ3) is 1.01. The molecule has 0 amide bonds. The zero-order valence-electron chi connectivity index (χ0n) is 7.91. The maximum atomic E-state index is 5.42. The number of allylic oxidation sites excluding steroid dienone is 1. The molecule has 0 N–H and O–H groups in total. The zero-order chi connectivity index (χ0) is 9.54. The number of benzene rings is 1. The molecule has 0 fully saturated rings. The van der Waals surface area contributed by atoms with Crippen LogP contribution in [0.4, 0.5) is 0 Å². The van der Waals surface area contributed by atoms with E-state index < -0.39 is 0 Å². The molecule has 1 aromatic heterocycles. The average Bonchev–Trinajstić information content (AvgIpc) is 2.59. The molecule has 70 valence electrons. The lowest BCUT2D eigenvalue weighted by Crippen LogP contribution is -1.95. The van der Waals surface area contributed by atoms with Gasteiger partial charge in [0.2, 0.25) is 0 Å². The van der Waals surface area contributed by atoms with Crippen molar-refractivity contribution in [1.29, 1.82) is 0 Å². The van der Waals surface area contributed by atoms with E-state index >= 15 is 0 Å². The summed E-state index contributed by atoms with van der Waals surface area (Å²) in [7, 11) is 0. The number of fused-ring (bicyclic) bond motifs is 3. The Balaban J connectivity index is 2.40. The van der Waals surface area contributed by atoms with Gasteiger partial charge in [-0.1, -0.05) is 18.2 Å². The number of rotatable bonds is 0. The highest BCUT2D eigenvalue weighted by molar-refractivity contribution is 7.20. The maximum Gasteiger partial charge on any atom is 0.114 e. The van der Waals surface area contributed by atoms with Gasteiger partial charge in [-0.05, 0) is 18.4 Å². The van der Waals surface area contributed by atoms with Gasteiger partial charge in [0.15, 0.2) is 0 Å². The zero-order valence-corrected chi connectivity index (χ0v) is 8.73. The average molecular weight is 202 g/mol. The molecular formula is C12H10OS. The second kappa shape index (κ2) is 2.85. The Bertz CT molecular complexity index is 522. The number of thiophene rings is 1. The molecule has 2 heteroatoms. The lowest BCUT2D eigenvalue weighted by atomic mass is 10.1. The van der Waals surface area contributed by atoms with E-state index in [1.807, 2.05) is 17.6 Å². The molecule has 0 bridgehead atoms. The molecule has 1 nitrogen and oxygen atoms in total. The van der Waals surface area contributed by atoms with Crippen molar-refractivity contribution in [2.45, 2.75) is 13.5 Å². The minimum absolute atomic E-state index is 0.719. The van der Waals surface area contributed by atoms with Crippen molar-refractivity contribution in [3.63, 3.8) is 0 Å². The largest absolute Gasteiger partial charge is 0.496 e. The lowest BCUT2D eigenvalue weighted by Gasteiger charge is -2.11. The van der Waals surface area contributed by atoms with Gasteiger partial charge in [-0.25, -0.2) is 0 Å². The van der Waals surface area contributed by atoms with Crippen LogP contribution in [0.25, 0.3) is 15.7 Å². The molecule has 3 rings (SSSR count). The molecule has 14 heavy (non-hydrogen) atoms. The molecule has 0 saturated heterocycles. The fourth-order valence-corrected chi connectivity index (χ4v) is 3.03. The Hall–Kier alpha value is -1.28. The first-order chi connectivity index (χ1) is 6.86. The van der Waals surface area contributed by atoms with Gasteiger partial charge in [-0.3, -0.25) is 0 Å². The van der Waals surface area contributed by atoms with E-state index in [1.165, 1.54) is 26.1 Å². The van der Waals surface area contributed by atoms with Crippen LogP contribution in [0.1, 0.15) is 17.4 Å². The predicted molar refractivity (Wildman–Crippen MR) is 60.3 cm³/mol. The van der Waals surface area contributed by atoms with E-state index in [1.54, 1.807) is 0 Å². The monoisotopic (exact) mass is 202 g/mol. The Labute approximate surface area is 86.6 Å². The van der Waals surface area contributed by atoms with Crippen LogP contribution in [0.3, 0.4) is 0 Å². The first-order valence-corrected chi connectivity index (χ1v) is 5.47. The Morgan fingerprint density at radius 3 is 3.07 bits per heavy atom. The Kier molecular flexibility index (Phi) is 1.64.